The van der Waals surface area contributed by atoms with Crippen molar-refractivity contribution in [3.63, 3.8) is 0 Å². The molecule has 0 radical (unpaired) electrons. The van der Waals surface area contributed by atoms with Crippen LogP contribution in [0.5, 0.6) is 0 Å². The number of thioether (sulfide) groups is 1. The highest BCUT2D eigenvalue weighted by atomic mass is 35.5. The van der Waals surface area contributed by atoms with Crippen molar-refractivity contribution in [1.29, 1.82) is 5.26 Å². The van der Waals surface area contributed by atoms with Gasteiger partial charge in [-0.05, 0) is 51.0 Å². The van der Waals surface area contributed by atoms with Gasteiger partial charge in [-0.3, -0.25) is 9.59 Å². The highest BCUT2D eigenvalue weighted by Gasteiger charge is 2.31. The van der Waals surface area contributed by atoms with Crippen LogP contribution >= 0.6 is 69.5 Å². The van der Waals surface area contributed by atoms with Crippen molar-refractivity contribution in [1.82, 2.24) is 4.90 Å². The van der Waals surface area contributed by atoms with Crippen molar-refractivity contribution in [3.05, 3.63) is 71.5 Å². The summed E-state index contributed by atoms with van der Waals surface area (Å²) in [5, 5.41) is 23.9. The third-order valence-corrected chi connectivity index (χ3v) is 10.2. The molecular weight excluding hydrogens is 706 g/mol. The first kappa shape index (κ1) is 34.7. The zero-order chi connectivity index (χ0) is 33.2. The van der Waals surface area contributed by atoms with Gasteiger partial charge < -0.3 is 25.4 Å². The average molecular weight is 730 g/mol. The fourth-order valence-electron chi connectivity index (χ4n) is 4.31. The Morgan fingerprint density at radius 1 is 1.07 bits per heavy atom. The van der Waals surface area contributed by atoms with Gasteiger partial charge in [0, 0.05) is 22.0 Å². The molecule has 0 spiro atoms. The molecule has 2 heterocycles. The molecule has 0 unspecified atom stereocenters. The van der Waals surface area contributed by atoms with E-state index in [1.54, 1.807) is 49.9 Å². The van der Waals surface area contributed by atoms with E-state index < -0.39 is 39.7 Å². The second kappa shape index (κ2) is 14.1. The monoisotopic (exact) mass is 728 g/mol. The summed E-state index contributed by atoms with van der Waals surface area (Å²) >= 11 is 26.7. The molecule has 2 aromatic carbocycles. The van der Waals surface area contributed by atoms with Gasteiger partial charge in [0.2, 0.25) is 5.91 Å². The van der Waals surface area contributed by atoms with E-state index in [0.29, 0.717) is 28.4 Å². The maximum absolute atomic E-state index is 13.1. The van der Waals surface area contributed by atoms with Crippen molar-refractivity contribution >= 4 is 104 Å². The number of benzene rings is 2. The Morgan fingerprint density at radius 3 is 2.36 bits per heavy atom. The molecule has 1 aromatic heterocycles. The third-order valence-electron chi connectivity index (χ3n) is 6.24. The Balaban J connectivity index is 1.42. The minimum Gasteiger partial charge on any atom is -0.478 e. The topological polar surface area (TPSA) is 149 Å². The van der Waals surface area contributed by atoms with Crippen LogP contribution < -0.4 is 10.6 Å². The summed E-state index contributed by atoms with van der Waals surface area (Å²) in [6, 6.07) is 8.67. The Morgan fingerprint density at radius 2 is 1.73 bits per heavy atom. The van der Waals surface area contributed by atoms with Gasteiger partial charge in [0.05, 0.1) is 49.1 Å². The van der Waals surface area contributed by atoms with E-state index in [1.807, 2.05) is 0 Å². The molecule has 16 heteroatoms. The lowest BCUT2D eigenvalue weighted by Crippen LogP contribution is -2.39. The summed E-state index contributed by atoms with van der Waals surface area (Å²) in [5.41, 5.74) is -0.217. The zero-order valence-corrected chi connectivity index (χ0v) is 28.5. The number of halogens is 4. The minimum absolute atomic E-state index is 0.0216. The summed E-state index contributed by atoms with van der Waals surface area (Å²) < 4.78 is 5.47. The van der Waals surface area contributed by atoms with E-state index >= 15 is 0 Å². The van der Waals surface area contributed by atoms with Gasteiger partial charge >= 0.3 is 12.1 Å². The van der Waals surface area contributed by atoms with Gasteiger partial charge in [-0.2, -0.15) is 5.26 Å². The molecule has 3 N–H and O–H groups in total. The van der Waals surface area contributed by atoms with Crippen LogP contribution in [-0.2, 0) is 22.5 Å². The Kier molecular flexibility index (Phi) is 10.8. The number of hydrogen-bond acceptors (Lipinski definition) is 8. The van der Waals surface area contributed by atoms with Crippen LogP contribution in [0.4, 0.5) is 15.5 Å². The van der Waals surface area contributed by atoms with Crippen LogP contribution in [0.25, 0.3) is 0 Å². The highest BCUT2D eigenvalue weighted by Crippen LogP contribution is 2.42. The van der Waals surface area contributed by atoms with Crippen LogP contribution in [0, 0.1) is 11.3 Å². The van der Waals surface area contributed by atoms with Crippen molar-refractivity contribution in [2.24, 2.45) is 0 Å². The van der Waals surface area contributed by atoms with E-state index in [2.05, 4.69) is 16.7 Å². The van der Waals surface area contributed by atoms with E-state index in [9.17, 15) is 29.5 Å². The Labute approximate surface area is 286 Å². The number of carbonyl (C=O) groups is 4. The van der Waals surface area contributed by atoms with Crippen LogP contribution in [0.2, 0.25) is 20.1 Å². The predicted octanol–water partition coefficient (Wildman–Crippen LogP) is 8.21. The summed E-state index contributed by atoms with van der Waals surface area (Å²) in [4.78, 5) is 53.3. The molecule has 10 nitrogen and oxygen atoms in total. The molecule has 0 saturated heterocycles. The van der Waals surface area contributed by atoms with Gasteiger partial charge in [0.15, 0.2) is 0 Å². The lowest BCUT2D eigenvalue weighted by Gasteiger charge is -2.29. The number of hydrogen-bond donors (Lipinski definition) is 3. The number of nitrogens with one attached hydrogen (secondary N) is 2. The second-order valence-electron chi connectivity index (χ2n) is 10.6. The molecule has 236 valence electrons. The highest BCUT2D eigenvalue weighted by molar-refractivity contribution is 8.00. The normalized spacial score (nSPS) is 12.6. The van der Waals surface area contributed by atoms with Gasteiger partial charge in [-0.25, -0.2) is 9.59 Å². The number of ether oxygens (including phenoxy) is 1. The fourth-order valence-corrected chi connectivity index (χ4v) is 7.31. The molecule has 0 fully saturated rings. The molecule has 1 aliphatic rings. The second-order valence-corrected chi connectivity index (χ2v) is 14.3. The molecular formula is C29H24Cl4N4O6S2. The molecule has 3 aromatic rings. The minimum atomic E-state index is -1.52. The number of anilines is 2. The molecule has 0 bridgehead atoms. The van der Waals surface area contributed by atoms with E-state index in [-0.39, 0.29) is 39.0 Å². The molecule has 0 atom stereocenters. The number of rotatable bonds is 7. The molecule has 45 heavy (non-hydrogen) atoms. The first-order valence-corrected chi connectivity index (χ1v) is 16.4. The van der Waals surface area contributed by atoms with Crippen LogP contribution in [0.1, 0.15) is 57.5 Å². The number of thiophene rings is 1. The molecule has 4 rings (SSSR count). The third kappa shape index (κ3) is 7.98. The van der Waals surface area contributed by atoms with E-state index in [0.717, 1.165) is 10.4 Å². The first-order chi connectivity index (χ1) is 21.1. The summed E-state index contributed by atoms with van der Waals surface area (Å²) in [5.74, 6) is -2.79. The lowest BCUT2D eigenvalue weighted by atomic mass is 10.0. The van der Waals surface area contributed by atoms with E-state index in [1.165, 1.54) is 23.1 Å². The number of carboxylic acid groups (broad SMARTS) is 1. The van der Waals surface area contributed by atoms with Crippen LogP contribution in [0.15, 0.2) is 29.2 Å². The summed E-state index contributed by atoms with van der Waals surface area (Å²) in [6.45, 7) is 6.04. The fraction of sp³-hybridized carbons (Fsp3) is 0.276. The maximum Gasteiger partial charge on any atom is 0.410 e. The predicted molar refractivity (Wildman–Crippen MR) is 177 cm³/mol. The molecule has 3 amide bonds. The van der Waals surface area contributed by atoms with Gasteiger partial charge in [0.25, 0.3) is 5.91 Å². The van der Waals surface area contributed by atoms with Crippen molar-refractivity contribution in [2.75, 3.05) is 22.9 Å². The Bertz CT molecular complexity index is 1770. The smallest absolute Gasteiger partial charge is 0.410 e. The van der Waals surface area contributed by atoms with Gasteiger partial charge in [-0.1, -0.05) is 52.5 Å². The maximum atomic E-state index is 13.1. The summed E-state index contributed by atoms with van der Waals surface area (Å²) in [6.07, 6.45) is 0.0247. The molecule has 0 aliphatic carbocycles. The average Bonchev–Trinajstić information content (AvgIpc) is 3.31. The van der Waals surface area contributed by atoms with Crippen molar-refractivity contribution in [3.8, 4) is 6.07 Å². The number of carbonyl (C=O) groups excluding carboxylic acids is 3. The number of nitriles is 1. The molecule has 0 saturated carbocycles. The van der Waals surface area contributed by atoms with Crippen LogP contribution in [0.3, 0.4) is 0 Å². The molecule has 1 aliphatic heterocycles. The van der Waals surface area contributed by atoms with Gasteiger partial charge in [-0.15, -0.1) is 23.1 Å². The largest absolute Gasteiger partial charge is 0.478 e. The van der Waals surface area contributed by atoms with Crippen molar-refractivity contribution in [2.45, 2.75) is 44.2 Å². The lowest BCUT2D eigenvalue weighted by molar-refractivity contribution is -0.113. The number of carboxylic acids is 1. The number of fused-ring (bicyclic) bond motifs is 1. The van der Waals surface area contributed by atoms with Crippen LogP contribution in [-0.4, -0.2) is 51.8 Å². The first-order valence-electron chi connectivity index (χ1n) is 13.1. The SMILES string of the molecule is CC(C)(C)OC(=O)N1CCc2c(sc(NC(=O)CSc3cccc(NC(=O)c4c(Cl)c(Cl)c(Cl)c(Cl)c4C(=O)O)c3)c2C#N)C1. The number of amides is 3. The van der Waals surface area contributed by atoms with E-state index in [4.69, 9.17) is 51.1 Å². The van der Waals surface area contributed by atoms with Crippen molar-refractivity contribution < 1.29 is 29.0 Å². The number of nitrogens with zero attached hydrogens (tertiary/aromatic N) is 2. The summed E-state index contributed by atoms with van der Waals surface area (Å²) in [7, 11) is 0. The van der Waals surface area contributed by atoms with Gasteiger partial charge in [0.1, 0.15) is 16.7 Å². The zero-order valence-electron chi connectivity index (χ0n) is 23.8. The quantitative estimate of drug-likeness (QED) is 0.125. The Hall–Kier alpha value is -3.18. The number of aromatic carboxylic acids is 1. The standard InChI is InChI=1S/C29H24Cl4N4O6S2/c1-29(2,3)43-28(42)37-8-7-15-16(10-34)26(45-17(15)11-37)36-18(38)12-44-14-6-4-5-13(9-14)35-25(39)19-20(27(40)41)22(31)24(33)23(32)21(19)30/h4-6,9H,7-8,11-12H2,1-3H3,(H,35,39)(H,36,38)(H,40,41).